The summed E-state index contributed by atoms with van der Waals surface area (Å²) in [5.74, 6) is -2.39. The molecule has 0 aliphatic carbocycles. The molecule has 0 unspecified atom stereocenters. The molecule has 0 fully saturated rings. The zero-order valence-corrected chi connectivity index (χ0v) is 28.1. The third-order valence-corrected chi connectivity index (χ3v) is 10.7. The Morgan fingerprint density at radius 1 is 0.385 bits per heavy atom. The first-order valence-corrected chi connectivity index (χ1v) is 17.1. The van der Waals surface area contributed by atoms with E-state index < -0.39 is 33.5 Å². The molecule has 0 atom stereocenters. The second kappa shape index (κ2) is 12.6. The van der Waals surface area contributed by atoms with E-state index in [9.17, 15) is 39.4 Å². The van der Waals surface area contributed by atoms with Crippen LogP contribution in [0.25, 0.3) is 10.8 Å². The quantitative estimate of drug-likeness (QED) is 0.0845. The highest BCUT2D eigenvalue weighted by atomic mass is 32.2. The summed E-state index contributed by atoms with van der Waals surface area (Å²) in [5, 5.41) is 22.4. The summed E-state index contributed by atoms with van der Waals surface area (Å²) in [7, 11) is 0. The van der Waals surface area contributed by atoms with Crippen LogP contribution in [0.1, 0.15) is 41.4 Å². The predicted molar refractivity (Wildman–Crippen MR) is 194 cm³/mol. The molecule has 252 valence electrons. The third-order valence-electron chi connectivity index (χ3n) is 8.65. The highest BCUT2D eigenvalue weighted by molar-refractivity contribution is 7.99. The second-order valence-electron chi connectivity index (χ2n) is 11.7. The van der Waals surface area contributed by atoms with Crippen molar-refractivity contribution in [2.75, 3.05) is 9.80 Å². The van der Waals surface area contributed by atoms with Gasteiger partial charge in [0.15, 0.2) is 0 Å². The van der Waals surface area contributed by atoms with Gasteiger partial charge in [0.2, 0.25) is 0 Å². The van der Waals surface area contributed by atoms with Crippen molar-refractivity contribution in [3.05, 3.63) is 164 Å². The first kappa shape index (κ1) is 32.6. The van der Waals surface area contributed by atoms with Crippen LogP contribution < -0.4 is 9.80 Å². The Labute approximate surface area is 302 Å². The number of benzene rings is 6. The smallest absolute Gasteiger partial charge is 0.268 e. The molecule has 0 radical (unpaired) electrons. The normalized spacial score (nSPS) is 13.5. The molecule has 12 nitrogen and oxygen atoms in total. The Hall–Kier alpha value is -6.64. The molecule has 0 saturated carbocycles. The van der Waals surface area contributed by atoms with Crippen molar-refractivity contribution in [3.8, 4) is 0 Å². The Morgan fingerprint density at radius 2 is 0.635 bits per heavy atom. The van der Waals surface area contributed by atoms with Crippen molar-refractivity contribution >= 4 is 80.7 Å². The number of amides is 4. The molecular weight excluding hydrogens is 705 g/mol. The number of nitrogens with zero attached hydrogens (tertiary/aromatic N) is 4. The van der Waals surface area contributed by atoms with Gasteiger partial charge in [-0.1, -0.05) is 23.5 Å². The topological polar surface area (TPSA) is 161 Å². The second-order valence-corrected chi connectivity index (χ2v) is 14.0. The van der Waals surface area contributed by atoms with Crippen molar-refractivity contribution < 1.29 is 29.0 Å². The molecule has 6 aromatic rings. The molecule has 0 aromatic heterocycles. The average molecular weight is 725 g/mol. The minimum atomic E-state index is -0.597. The molecule has 0 spiro atoms. The summed E-state index contributed by atoms with van der Waals surface area (Å²) >= 11 is 2.73. The monoisotopic (exact) mass is 724 g/mol. The maximum atomic E-state index is 13.9. The fourth-order valence-electron chi connectivity index (χ4n) is 6.21. The van der Waals surface area contributed by atoms with E-state index in [1.165, 1.54) is 72.1 Å². The van der Waals surface area contributed by atoms with E-state index in [1.54, 1.807) is 72.8 Å². The first-order chi connectivity index (χ1) is 25.1. The van der Waals surface area contributed by atoms with Crippen LogP contribution in [0.4, 0.5) is 22.7 Å². The fourth-order valence-corrected chi connectivity index (χ4v) is 7.85. The molecule has 2 heterocycles. The van der Waals surface area contributed by atoms with Crippen LogP contribution >= 0.6 is 23.5 Å². The van der Waals surface area contributed by atoms with Crippen LogP contribution in [-0.2, 0) is 0 Å². The number of hydrogen-bond acceptors (Lipinski definition) is 10. The number of carbonyl (C=O) groups excluding carboxylic acids is 4. The van der Waals surface area contributed by atoms with E-state index >= 15 is 0 Å². The molecule has 2 aliphatic rings. The lowest BCUT2D eigenvalue weighted by molar-refractivity contribution is -0.385. The summed E-state index contributed by atoms with van der Waals surface area (Å²) in [4.78, 5) is 81.8. The van der Waals surface area contributed by atoms with Crippen molar-refractivity contribution in [1.29, 1.82) is 0 Å². The van der Waals surface area contributed by atoms with Gasteiger partial charge in [-0.3, -0.25) is 39.4 Å². The molecule has 0 bridgehead atoms. The van der Waals surface area contributed by atoms with Crippen LogP contribution in [0.2, 0.25) is 0 Å². The minimum absolute atomic E-state index is 0.0162. The summed E-state index contributed by atoms with van der Waals surface area (Å²) < 4.78 is 0. The average Bonchev–Trinajstić information content (AvgIpc) is 3.15. The van der Waals surface area contributed by atoms with Gasteiger partial charge in [-0.2, -0.15) is 0 Å². The van der Waals surface area contributed by atoms with E-state index in [2.05, 4.69) is 0 Å². The van der Waals surface area contributed by atoms with Gasteiger partial charge in [-0.15, -0.1) is 0 Å². The Morgan fingerprint density at radius 3 is 0.885 bits per heavy atom. The molecule has 6 aromatic carbocycles. The number of nitro groups is 2. The van der Waals surface area contributed by atoms with Gasteiger partial charge in [-0.05, 0) is 97.1 Å². The largest absolute Gasteiger partial charge is 0.269 e. The highest BCUT2D eigenvalue weighted by Gasteiger charge is 2.40. The van der Waals surface area contributed by atoms with E-state index in [0.717, 1.165) is 29.4 Å². The van der Waals surface area contributed by atoms with Crippen LogP contribution in [0.3, 0.4) is 0 Å². The van der Waals surface area contributed by atoms with Gasteiger partial charge in [0.25, 0.3) is 35.0 Å². The zero-order valence-electron chi connectivity index (χ0n) is 26.4. The van der Waals surface area contributed by atoms with Crippen LogP contribution in [0.15, 0.2) is 141 Å². The number of anilines is 2. The molecule has 8 rings (SSSR count). The summed E-state index contributed by atoms with van der Waals surface area (Å²) in [6, 6.07) is 31.7. The maximum Gasteiger partial charge on any atom is 0.269 e. The summed E-state index contributed by atoms with van der Waals surface area (Å²) in [5.41, 5.74) is 1.35. The number of non-ortho nitro benzene ring substituents is 2. The molecular formula is C38H20N4O8S2. The van der Waals surface area contributed by atoms with E-state index in [4.69, 9.17) is 0 Å². The lowest BCUT2D eigenvalue weighted by Crippen LogP contribution is -2.43. The van der Waals surface area contributed by atoms with E-state index in [0.29, 0.717) is 11.4 Å². The summed E-state index contributed by atoms with van der Waals surface area (Å²) in [6.07, 6.45) is 0. The highest BCUT2D eigenvalue weighted by Crippen LogP contribution is 2.41. The van der Waals surface area contributed by atoms with Gasteiger partial charge in [0.05, 0.1) is 21.2 Å². The van der Waals surface area contributed by atoms with Gasteiger partial charge in [0, 0.05) is 76.9 Å². The Bertz CT molecular complexity index is 2290. The molecule has 2 aliphatic heterocycles. The maximum absolute atomic E-state index is 13.9. The Balaban J connectivity index is 1.05. The number of rotatable bonds is 8. The number of nitro benzene ring substituents is 2. The number of carbonyl (C=O) groups is 4. The van der Waals surface area contributed by atoms with Gasteiger partial charge in [-0.25, -0.2) is 9.80 Å². The lowest BCUT2D eigenvalue weighted by Gasteiger charge is -2.32. The van der Waals surface area contributed by atoms with E-state index in [1.807, 2.05) is 0 Å². The summed E-state index contributed by atoms with van der Waals surface area (Å²) in [6.45, 7) is 0. The molecule has 14 heteroatoms. The van der Waals surface area contributed by atoms with Crippen molar-refractivity contribution in [2.45, 2.75) is 19.6 Å². The van der Waals surface area contributed by atoms with E-state index in [-0.39, 0.29) is 44.4 Å². The fraction of sp³-hybridized carbons (Fsp3) is 0. The Kier molecular flexibility index (Phi) is 7.89. The molecule has 0 N–H and O–H groups in total. The standard InChI is InChI=1S/C38H20N4O8S2/c43-35-29-17-19-31-34-32(38(46)40(37(31)45)22-3-11-26(12-4-22)52-28-15-7-24(8-16-28)42(49)50)20-18-30(33(29)34)36(44)39(35)21-1-9-25(10-2-21)51-27-13-5-23(6-14-27)41(47)48/h1-20H. The van der Waals surface area contributed by atoms with Crippen LogP contribution in [-0.4, -0.2) is 33.5 Å². The van der Waals surface area contributed by atoms with Crippen LogP contribution in [0, 0.1) is 20.2 Å². The van der Waals surface area contributed by atoms with Crippen molar-refractivity contribution in [3.63, 3.8) is 0 Å². The SMILES string of the molecule is O=C1c2ccc3c4c(ccc(c24)C(=O)N1c1ccc(Sc2ccc([N+](=O)[O-])cc2)cc1)C(=O)N(c1ccc(Sc2ccc([N+](=O)[O-])cc2)cc1)C3=O. The minimum Gasteiger partial charge on any atom is -0.268 e. The number of imide groups is 2. The molecule has 52 heavy (non-hydrogen) atoms. The van der Waals surface area contributed by atoms with Gasteiger partial charge in [0.1, 0.15) is 0 Å². The third kappa shape index (κ3) is 5.46. The lowest BCUT2D eigenvalue weighted by atomic mass is 9.85. The predicted octanol–water partition coefficient (Wildman–Crippen LogP) is 8.56. The molecule has 4 amide bonds. The zero-order chi connectivity index (χ0) is 36.3. The number of hydrogen-bond donors (Lipinski definition) is 0. The van der Waals surface area contributed by atoms with Crippen LogP contribution in [0.5, 0.6) is 0 Å². The van der Waals surface area contributed by atoms with Crippen molar-refractivity contribution in [1.82, 2.24) is 0 Å². The van der Waals surface area contributed by atoms with Crippen molar-refractivity contribution in [2.24, 2.45) is 0 Å². The molecule has 0 saturated heterocycles. The first-order valence-electron chi connectivity index (χ1n) is 15.5. The van der Waals surface area contributed by atoms with Gasteiger partial charge < -0.3 is 0 Å². The van der Waals surface area contributed by atoms with Gasteiger partial charge >= 0.3 is 0 Å².